The maximum absolute atomic E-state index is 11.9. The van der Waals surface area contributed by atoms with Crippen LogP contribution in [0.4, 0.5) is 0 Å². The molecule has 0 aliphatic carbocycles. The Morgan fingerprint density at radius 2 is 1.80 bits per heavy atom. The number of benzene rings is 2. The molecule has 0 radical (unpaired) electrons. The van der Waals surface area contributed by atoms with E-state index in [1.54, 1.807) is 12.1 Å². The Kier molecular flexibility index (Phi) is 3.12. The van der Waals surface area contributed by atoms with Crippen molar-refractivity contribution < 1.29 is 9.52 Å². The summed E-state index contributed by atoms with van der Waals surface area (Å²) in [5.74, 6) is 0.305. The van der Waals surface area contributed by atoms with Crippen molar-refractivity contribution in [2.45, 2.75) is 13.5 Å². The van der Waals surface area contributed by atoms with Crippen LogP contribution in [0.25, 0.3) is 21.9 Å². The number of aryl methyl sites for hydroxylation is 1. The highest BCUT2D eigenvalue weighted by Gasteiger charge is 2.14. The van der Waals surface area contributed by atoms with Gasteiger partial charge < -0.3 is 9.52 Å². The lowest BCUT2D eigenvalue weighted by atomic mass is 9.97. The highest BCUT2D eigenvalue weighted by molar-refractivity contribution is 5.96. The van der Waals surface area contributed by atoms with Crippen molar-refractivity contribution in [1.82, 2.24) is 0 Å². The zero-order valence-electron chi connectivity index (χ0n) is 11.1. The first-order chi connectivity index (χ1) is 9.70. The Hall–Kier alpha value is -2.39. The first-order valence-corrected chi connectivity index (χ1v) is 6.43. The SMILES string of the molecule is Cc1cccc(-c2c(CO)oc(=O)c3ccccc23)c1. The van der Waals surface area contributed by atoms with Crippen LogP contribution in [0.5, 0.6) is 0 Å². The Balaban J connectivity index is 2.44. The van der Waals surface area contributed by atoms with Gasteiger partial charge in [0, 0.05) is 10.9 Å². The molecule has 0 saturated carbocycles. The molecule has 0 aliphatic heterocycles. The van der Waals surface area contributed by atoms with Crippen molar-refractivity contribution in [2.75, 3.05) is 0 Å². The van der Waals surface area contributed by atoms with Crippen LogP contribution in [0, 0.1) is 6.92 Å². The number of rotatable bonds is 2. The van der Waals surface area contributed by atoms with E-state index >= 15 is 0 Å². The molecule has 1 aromatic heterocycles. The minimum absolute atomic E-state index is 0.302. The average molecular weight is 266 g/mol. The molecule has 1 heterocycles. The zero-order chi connectivity index (χ0) is 14.1. The molecule has 0 amide bonds. The maximum atomic E-state index is 11.9. The van der Waals surface area contributed by atoms with E-state index in [9.17, 15) is 9.90 Å². The van der Waals surface area contributed by atoms with Gasteiger partial charge in [-0.15, -0.1) is 0 Å². The van der Waals surface area contributed by atoms with E-state index in [1.807, 2.05) is 43.3 Å². The third-order valence-corrected chi connectivity index (χ3v) is 3.36. The van der Waals surface area contributed by atoms with Crippen molar-refractivity contribution in [1.29, 1.82) is 0 Å². The molecule has 0 spiro atoms. The number of aliphatic hydroxyl groups is 1. The smallest absolute Gasteiger partial charge is 0.343 e. The van der Waals surface area contributed by atoms with E-state index in [1.165, 1.54) is 0 Å². The lowest BCUT2D eigenvalue weighted by Gasteiger charge is -2.10. The van der Waals surface area contributed by atoms with Gasteiger partial charge in [0.15, 0.2) is 0 Å². The molecule has 0 saturated heterocycles. The minimum Gasteiger partial charge on any atom is -0.424 e. The summed E-state index contributed by atoms with van der Waals surface area (Å²) in [6.45, 7) is 1.70. The minimum atomic E-state index is -0.416. The second-order valence-electron chi connectivity index (χ2n) is 4.76. The van der Waals surface area contributed by atoms with E-state index in [2.05, 4.69) is 0 Å². The molecule has 0 unspecified atom stereocenters. The summed E-state index contributed by atoms with van der Waals surface area (Å²) < 4.78 is 5.26. The molecular weight excluding hydrogens is 252 g/mol. The third kappa shape index (κ3) is 2.02. The summed E-state index contributed by atoms with van der Waals surface area (Å²) in [6.07, 6.45) is 0. The summed E-state index contributed by atoms with van der Waals surface area (Å²) >= 11 is 0. The fraction of sp³-hybridized carbons (Fsp3) is 0.118. The van der Waals surface area contributed by atoms with Crippen LogP contribution in [-0.4, -0.2) is 5.11 Å². The van der Waals surface area contributed by atoms with Crippen molar-refractivity contribution in [3.05, 3.63) is 70.3 Å². The highest BCUT2D eigenvalue weighted by Crippen LogP contribution is 2.31. The number of hydrogen-bond acceptors (Lipinski definition) is 3. The lowest BCUT2D eigenvalue weighted by molar-refractivity contribution is 0.242. The van der Waals surface area contributed by atoms with Crippen LogP contribution in [0.1, 0.15) is 11.3 Å². The molecule has 3 heteroatoms. The van der Waals surface area contributed by atoms with Crippen molar-refractivity contribution in [3.8, 4) is 11.1 Å². The summed E-state index contributed by atoms with van der Waals surface area (Å²) in [5, 5.41) is 10.8. The normalized spacial score (nSPS) is 10.9. The summed E-state index contributed by atoms with van der Waals surface area (Å²) in [4.78, 5) is 11.9. The van der Waals surface area contributed by atoms with Gasteiger partial charge in [0.1, 0.15) is 12.4 Å². The van der Waals surface area contributed by atoms with E-state index in [4.69, 9.17) is 4.42 Å². The Morgan fingerprint density at radius 3 is 2.50 bits per heavy atom. The van der Waals surface area contributed by atoms with E-state index in [0.717, 1.165) is 22.1 Å². The summed E-state index contributed by atoms with van der Waals surface area (Å²) in [6, 6.07) is 15.2. The number of aliphatic hydroxyl groups excluding tert-OH is 1. The largest absolute Gasteiger partial charge is 0.424 e. The molecule has 2 aromatic carbocycles. The van der Waals surface area contributed by atoms with Gasteiger partial charge in [-0.2, -0.15) is 0 Å². The van der Waals surface area contributed by atoms with E-state index in [-0.39, 0.29) is 6.61 Å². The van der Waals surface area contributed by atoms with Gasteiger partial charge in [-0.25, -0.2) is 4.79 Å². The zero-order valence-corrected chi connectivity index (χ0v) is 11.1. The van der Waals surface area contributed by atoms with Crippen LogP contribution in [-0.2, 0) is 6.61 Å². The van der Waals surface area contributed by atoms with E-state index in [0.29, 0.717) is 11.1 Å². The predicted octanol–water partition coefficient (Wildman–Crippen LogP) is 3.26. The predicted molar refractivity (Wildman–Crippen MR) is 78.6 cm³/mol. The summed E-state index contributed by atoms with van der Waals surface area (Å²) in [7, 11) is 0. The van der Waals surface area contributed by atoms with Gasteiger partial charge in [-0.1, -0.05) is 48.0 Å². The molecule has 0 fully saturated rings. The molecular formula is C17H14O3. The van der Waals surface area contributed by atoms with Gasteiger partial charge in [0.05, 0.1) is 5.39 Å². The first-order valence-electron chi connectivity index (χ1n) is 6.43. The van der Waals surface area contributed by atoms with Crippen molar-refractivity contribution in [2.24, 2.45) is 0 Å². The van der Waals surface area contributed by atoms with Crippen molar-refractivity contribution in [3.63, 3.8) is 0 Å². The number of fused-ring (bicyclic) bond motifs is 1. The molecule has 0 bridgehead atoms. The van der Waals surface area contributed by atoms with Crippen LogP contribution < -0.4 is 5.63 Å². The molecule has 3 nitrogen and oxygen atoms in total. The molecule has 0 aliphatic rings. The van der Waals surface area contributed by atoms with Gasteiger partial charge >= 0.3 is 5.63 Å². The lowest BCUT2D eigenvalue weighted by Crippen LogP contribution is -2.05. The Morgan fingerprint density at radius 1 is 1.05 bits per heavy atom. The average Bonchev–Trinajstić information content (AvgIpc) is 2.47. The van der Waals surface area contributed by atoms with Gasteiger partial charge in [0.25, 0.3) is 0 Å². The molecule has 20 heavy (non-hydrogen) atoms. The Bertz CT molecular complexity index is 831. The molecule has 1 N–H and O–H groups in total. The van der Waals surface area contributed by atoms with Crippen molar-refractivity contribution >= 4 is 10.8 Å². The number of hydrogen-bond donors (Lipinski definition) is 1. The van der Waals surface area contributed by atoms with Gasteiger partial charge in [-0.3, -0.25) is 0 Å². The van der Waals surface area contributed by atoms with Gasteiger partial charge in [0.2, 0.25) is 0 Å². The first kappa shape index (κ1) is 12.6. The second-order valence-corrected chi connectivity index (χ2v) is 4.76. The monoisotopic (exact) mass is 266 g/mol. The van der Waals surface area contributed by atoms with Crippen LogP contribution >= 0.6 is 0 Å². The highest BCUT2D eigenvalue weighted by atomic mass is 16.4. The quantitative estimate of drug-likeness (QED) is 0.774. The fourth-order valence-electron chi connectivity index (χ4n) is 2.48. The third-order valence-electron chi connectivity index (χ3n) is 3.36. The van der Waals surface area contributed by atoms with Crippen LogP contribution in [0.3, 0.4) is 0 Å². The van der Waals surface area contributed by atoms with Gasteiger partial charge in [-0.05, 0) is 18.6 Å². The van der Waals surface area contributed by atoms with Crippen LogP contribution in [0.2, 0.25) is 0 Å². The van der Waals surface area contributed by atoms with Crippen LogP contribution in [0.15, 0.2) is 57.7 Å². The molecule has 100 valence electrons. The second kappa shape index (κ2) is 4.94. The maximum Gasteiger partial charge on any atom is 0.343 e. The fourth-order valence-corrected chi connectivity index (χ4v) is 2.48. The summed E-state index contributed by atoms with van der Waals surface area (Å²) in [5.41, 5.74) is 2.42. The molecule has 3 rings (SSSR count). The topological polar surface area (TPSA) is 50.4 Å². The Labute approximate surface area is 116 Å². The standard InChI is InChI=1S/C17H14O3/c1-11-5-4-6-12(9-11)16-13-7-2-3-8-14(13)17(19)20-15(16)10-18/h2-9,18H,10H2,1H3. The van der Waals surface area contributed by atoms with E-state index < -0.39 is 5.63 Å². The molecule has 0 atom stereocenters. The molecule has 3 aromatic rings.